The summed E-state index contributed by atoms with van der Waals surface area (Å²) < 4.78 is 34.6. The summed E-state index contributed by atoms with van der Waals surface area (Å²) in [6.07, 6.45) is 3.40. The van der Waals surface area contributed by atoms with E-state index in [9.17, 15) is 23.3 Å². The maximum absolute atomic E-state index is 13.5. The molecule has 2 aromatic carbocycles. The van der Waals surface area contributed by atoms with Gasteiger partial charge in [-0.25, -0.2) is 13.1 Å². The summed E-state index contributed by atoms with van der Waals surface area (Å²) in [5, 5.41) is 14.5. The highest BCUT2D eigenvalue weighted by Crippen LogP contribution is 2.32. The number of carbonyl (C=O) groups is 2. The van der Waals surface area contributed by atoms with Crippen molar-refractivity contribution < 1.29 is 22.7 Å². The molecule has 0 saturated carbocycles. The summed E-state index contributed by atoms with van der Waals surface area (Å²) in [6, 6.07) is 17.4. The number of amides is 2. The van der Waals surface area contributed by atoms with Crippen LogP contribution in [0.2, 0.25) is 0 Å². The first-order chi connectivity index (χ1) is 19.6. The van der Waals surface area contributed by atoms with E-state index in [1.54, 1.807) is 62.0 Å². The highest BCUT2D eigenvalue weighted by molar-refractivity contribution is 7.89. The zero-order valence-electron chi connectivity index (χ0n) is 22.9. The number of morpholine rings is 1. The van der Waals surface area contributed by atoms with Crippen LogP contribution in [0, 0.1) is 11.3 Å². The predicted octanol–water partition coefficient (Wildman–Crippen LogP) is 3.56. The standard InChI is InChI=1S/C30H29N5O5S/c1-20(2)35-29(36)26(21(3)27(18-31)30(35)37)17-23-19-34(24-7-5-4-6-8-24)32-28(23)22-9-11-25(12-10-22)41(38,39)33-13-15-40-16-14-33/h4-12,17,19-20H,13-16H2,1-3H3/b26-17+. The Labute approximate surface area is 238 Å². The van der Waals surface area contributed by atoms with Crippen LogP contribution >= 0.6 is 0 Å². The number of hydrogen-bond donors (Lipinski definition) is 0. The van der Waals surface area contributed by atoms with Crippen molar-refractivity contribution in [1.29, 1.82) is 5.26 Å². The lowest BCUT2D eigenvalue weighted by molar-refractivity contribution is -0.142. The highest BCUT2D eigenvalue weighted by atomic mass is 32.2. The van der Waals surface area contributed by atoms with Crippen LogP contribution in [0.15, 0.2) is 82.4 Å². The van der Waals surface area contributed by atoms with E-state index < -0.39 is 27.9 Å². The molecular weight excluding hydrogens is 542 g/mol. The molecule has 11 heteroatoms. The summed E-state index contributed by atoms with van der Waals surface area (Å²) in [5.41, 5.74) is 2.91. The molecule has 2 aliphatic rings. The Hall–Kier alpha value is -4.37. The zero-order valence-corrected chi connectivity index (χ0v) is 23.8. The van der Waals surface area contributed by atoms with Crippen LogP contribution in [0.5, 0.6) is 0 Å². The molecule has 210 valence electrons. The average molecular weight is 572 g/mol. The van der Waals surface area contributed by atoms with Crippen molar-refractivity contribution in [2.75, 3.05) is 26.3 Å². The lowest BCUT2D eigenvalue weighted by Crippen LogP contribution is -2.46. The molecule has 0 radical (unpaired) electrons. The van der Waals surface area contributed by atoms with Crippen molar-refractivity contribution in [2.45, 2.75) is 31.7 Å². The van der Waals surface area contributed by atoms with Gasteiger partial charge in [-0.05, 0) is 56.7 Å². The number of carbonyl (C=O) groups excluding carboxylic acids is 2. The fourth-order valence-corrected chi connectivity index (χ4v) is 6.28. The molecule has 0 atom stereocenters. The fourth-order valence-electron chi connectivity index (χ4n) is 4.88. The van der Waals surface area contributed by atoms with E-state index in [-0.39, 0.29) is 16.0 Å². The largest absolute Gasteiger partial charge is 0.379 e. The number of imide groups is 1. The second kappa shape index (κ2) is 11.2. The van der Waals surface area contributed by atoms with Gasteiger partial charge in [-0.2, -0.15) is 14.7 Å². The first-order valence-corrected chi connectivity index (χ1v) is 14.6. The van der Waals surface area contributed by atoms with E-state index in [2.05, 4.69) is 0 Å². The molecule has 0 spiro atoms. The Balaban J connectivity index is 1.62. The number of nitrogens with zero attached hydrogens (tertiary/aromatic N) is 5. The number of hydrogen-bond acceptors (Lipinski definition) is 7. The monoisotopic (exact) mass is 571 g/mol. The zero-order chi connectivity index (χ0) is 29.3. The summed E-state index contributed by atoms with van der Waals surface area (Å²) in [7, 11) is -3.68. The minimum atomic E-state index is -3.68. The number of rotatable bonds is 6. The van der Waals surface area contributed by atoms with Gasteiger partial charge < -0.3 is 4.74 Å². The highest BCUT2D eigenvalue weighted by Gasteiger charge is 2.37. The first-order valence-electron chi connectivity index (χ1n) is 13.2. The Morgan fingerprint density at radius 1 is 1.00 bits per heavy atom. The fraction of sp³-hybridized carbons (Fsp3) is 0.267. The Morgan fingerprint density at radius 2 is 1.66 bits per heavy atom. The average Bonchev–Trinajstić information content (AvgIpc) is 3.40. The summed E-state index contributed by atoms with van der Waals surface area (Å²) >= 11 is 0. The third kappa shape index (κ3) is 5.25. The van der Waals surface area contributed by atoms with E-state index in [4.69, 9.17) is 9.84 Å². The number of sulfonamides is 1. The van der Waals surface area contributed by atoms with Gasteiger partial charge in [-0.15, -0.1) is 0 Å². The van der Waals surface area contributed by atoms with Crippen LogP contribution in [0.1, 0.15) is 26.3 Å². The van der Waals surface area contributed by atoms with Gasteiger partial charge in [-0.3, -0.25) is 14.5 Å². The van der Waals surface area contributed by atoms with Gasteiger partial charge in [0, 0.05) is 42.0 Å². The SMILES string of the molecule is CC1=C(C#N)C(=O)N(C(C)C)C(=O)/C1=C/c1cn(-c2ccccc2)nc1-c1ccc(S(=O)(=O)N2CCOCC2)cc1. The summed E-state index contributed by atoms with van der Waals surface area (Å²) in [4.78, 5) is 27.6. The van der Waals surface area contributed by atoms with Gasteiger partial charge in [0.05, 0.1) is 29.5 Å². The molecule has 1 aromatic heterocycles. The summed E-state index contributed by atoms with van der Waals surface area (Å²) in [6.45, 7) is 6.32. The van der Waals surface area contributed by atoms with Crippen LogP contribution in [-0.4, -0.2) is 71.6 Å². The van der Waals surface area contributed by atoms with E-state index in [0.29, 0.717) is 48.7 Å². The second-order valence-electron chi connectivity index (χ2n) is 10.00. The smallest absolute Gasteiger partial charge is 0.271 e. The van der Waals surface area contributed by atoms with Gasteiger partial charge in [0.2, 0.25) is 10.0 Å². The molecule has 2 aliphatic heterocycles. The predicted molar refractivity (Wildman–Crippen MR) is 152 cm³/mol. The van der Waals surface area contributed by atoms with Crippen molar-refractivity contribution in [3.8, 4) is 23.0 Å². The maximum atomic E-state index is 13.5. The minimum absolute atomic E-state index is 0.0841. The van der Waals surface area contributed by atoms with Gasteiger partial charge in [0.25, 0.3) is 11.8 Å². The Kier molecular flexibility index (Phi) is 7.73. The quantitative estimate of drug-likeness (QED) is 0.327. The number of nitriles is 1. The van der Waals surface area contributed by atoms with Crippen molar-refractivity contribution in [1.82, 2.24) is 19.0 Å². The van der Waals surface area contributed by atoms with Crippen LogP contribution in [0.4, 0.5) is 0 Å². The number of aromatic nitrogens is 2. The lowest BCUT2D eigenvalue weighted by atomic mass is 9.92. The maximum Gasteiger partial charge on any atom is 0.271 e. The molecule has 2 amide bonds. The van der Waals surface area contributed by atoms with Gasteiger partial charge in [-0.1, -0.05) is 30.3 Å². The first kappa shape index (κ1) is 28.2. The van der Waals surface area contributed by atoms with Crippen molar-refractivity contribution in [2.24, 2.45) is 0 Å². The van der Waals surface area contributed by atoms with Crippen LogP contribution < -0.4 is 0 Å². The number of benzene rings is 2. The van der Waals surface area contributed by atoms with Crippen LogP contribution in [0.25, 0.3) is 23.0 Å². The van der Waals surface area contributed by atoms with Crippen molar-refractivity contribution in [3.63, 3.8) is 0 Å². The van der Waals surface area contributed by atoms with Crippen molar-refractivity contribution >= 4 is 27.9 Å². The van der Waals surface area contributed by atoms with Crippen LogP contribution in [-0.2, 0) is 24.3 Å². The van der Waals surface area contributed by atoms with E-state index >= 15 is 0 Å². The molecule has 3 heterocycles. The molecule has 3 aromatic rings. The summed E-state index contributed by atoms with van der Waals surface area (Å²) in [5.74, 6) is -1.11. The minimum Gasteiger partial charge on any atom is -0.379 e. The third-order valence-electron chi connectivity index (χ3n) is 7.09. The molecule has 0 N–H and O–H groups in total. The molecule has 0 aliphatic carbocycles. The Bertz CT molecular complexity index is 1710. The van der Waals surface area contributed by atoms with E-state index in [0.717, 1.165) is 10.6 Å². The second-order valence-corrected chi connectivity index (χ2v) is 11.9. The van der Waals surface area contributed by atoms with E-state index in [1.807, 2.05) is 36.4 Å². The topological polar surface area (TPSA) is 126 Å². The molecule has 5 rings (SSSR count). The normalized spacial score (nSPS) is 17.9. The molecule has 0 bridgehead atoms. The van der Waals surface area contributed by atoms with Gasteiger partial charge >= 0.3 is 0 Å². The molecule has 1 saturated heterocycles. The van der Waals surface area contributed by atoms with Crippen molar-refractivity contribution in [3.05, 3.63) is 83.1 Å². The van der Waals surface area contributed by atoms with E-state index in [1.165, 1.54) is 4.31 Å². The third-order valence-corrected chi connectivity index (χ3v) is 9.00. The number of para-hydroxylation sites is 1. The van der Waals surface area contributed by atoms with Crippen LogP contribution in [0.3, 0.4) is 0 Å². The molecule has 1 fully saturated rings. The number of ether oxygens (including phenoxy) is 1. The Morgan fingerprint density at radius 3 is 2.27 bits per heavy atom. The molecule has 10 nitrogen and oxygen atoms in total. The molecule has 41 heavy (non-hydrogen) atoms. The molecular formula is C30H29N5O5S. The van der Waals surface area contributed by atoms with Gasteiger partial charge in [0.15, 0.2) is 0 Å². The molecule has 0 unspecified atom stereocenters. The van der Waals surface area contributed by atoms with Gasteiger partial charge in [0.1, 0.15) is 11.6 Å². The lowest BCUT2D eigenvalue weighted by Gasteiger charge is -2.30.